The van der Waals surface area contributed by atoms with Gasteiger partial charge in [-0.3, -0.25) is 24.4 Å². The predicted molar refractivity (Wildman–Crippen MR) is 114 cm³/mol. The van der Waals surface area contributed by atoms with E-state index in [-0.39, 0.29) is 16.9 Å². The third-order valence-corrected chi connectivity index (χ3v) is 6.34. The second kappa shape index (κ2) is 7.80. The Balaban J connectivity index is 1.49. The molecule has 3 aromatic rings. The normalized spacial score (nSPS) is 22.0. The maximum Gasteiger partial charge on any atom is 0.199 e. The van der Waals surface area contributed by atoms with Gasteiger partial charge in [0.2, 0.25) is 0 Å². The van der Waals surface area contributed by atoms with Crippen molar-refractivity contribution >= 4 is 11.6 Å². The molecule has 0 saturated carbocycles. The zero-order valence-electron chi connectivity index (χ0n) is 17.0. The number of halogens is 1. The summed E-state index contributed by atoms with van der Waals surface area (Å²) in [5.74, 6) is -1.43. The zero-order valence-corrected chi connectivity index (χ0v) is 17.0. The summed E-state index contributed by atoms with van der Waals surface area (Å²) < 4.78 is 14.6. The average Bonchev–Trinajstić information content (AvgIpc) is 3.04. The first kappa shape index (κ1) is 19.7. The molecule has 1 aromatic heterocycles. The van der Waals surface area contributed by atoms with Crippen LogP contribution in [-0.2, 0) is 12.1 Å². The lowest BCUT2D eigenvalue weighted by molar-refractivity contribution is 0.0278. The smallest absolute Gasteiger partial charge is 0.199 e. The van der Waals surface area contributed by atoms with Crippen molar-refractivity contribution < 1.29 is 14.0 Å². The van der Waals surface area contributed by atoms with Crippen LogP contribution in [0.4, 0.5) is 4.39 Å². The van der Waals surface area contributed by atoms with Gasteiger partial charge in [0.05, 0.1) is 5.56 Å². The van der Waals surface area contributed by atoms with E-state index in [0.717, 1.165) is 6.54 Å². The summed E-state index contributed by atoms with van der Waals surface area (Å²) in [5.41, 5.74) is 0.352. The molecule has 0 radical (unpaired) electrons. The SMILES string of the molecule is O=C1c2cccc(F)c2C(=O)C1(c1ccccc1)N1CCN(Cc2ccncc2)CC1. The molecule has 0 spiro atoms. The van der Waals surface area contributed by atoms with Crippen LogP contribution in [0.2, 0.25) is 0 Å². The van der Waals surface area contributed by atoms with Crippen LogP contribution >= 0.6 is 0 Å². The lowest BCUT2D eigenvalue weighted by Gasteiger charge is -2.44. The van der Waals surface area contributed by atoms with Gasteiger partial charge in [-0.25, -0.2) is 4.39 Å². The van der Waals surface area contributed by atoms with Crippen molar-refractivity contribution in [2.45, 2.75) is 12.1 Å². The number of Topliss-reactive ketones (excluding diaryl/α,β-unsaturated/α-hetero) is 2. The molecule has 2 heterocycles. The van der Waals surface area contributed by atoms with E-state index >= 15 is 0 Å². The van der Waals surface area contributed by atoms with Gasteiger partial charge in [0.15, 0.2) is 17.1 Å². The molecule has 2 aliphatic rings. The topological polar surface area (TPSA) is 53.5 Å². The standard InChI is InChI=1S/C25H22FN3O2/c26-21-8-4-7-20-22(21)24(31)25(23(20)30,19-5-2-1-3-6-19)29-15-13-28(14-16-29)17-18-9-11-27-12-10-18/h1-12H,13-17H2. The van der Waals surface area contributed by atoms with Crippen LogP contribution < -0.4 is 0 Å². The summed E-state index contributed by atoms with van der Waals surface area (Å²) in [5, 5.41) is 0. The van der Waals surface area contributed by atoms with E-state index in [2.05, 4.69) is 9.88 Å². The monoisotopic (exact) mass is 415 g/mol. The van der Waals surface area contributed by atoms with Crippen molar-refractivity contribution in [2.24, 2.45) is 0 Å². The Morgan fingerprint density at radius 3 is 2.23 bits per heavy atom. The number of piperazine rings is 1. The highest BCUT2D eigenvalue weighted by Crippen LogP contribution is 2.43. The fourth-order valence-corrected chi connectivity index (χ4v) is 4.82. The second-order valence-electron chi connectivity index (χ2n) is 8.02. The van der Waals surface area contributed by atoms with Crippen molar-refractivity contribution in [3.05, 3.63) is 101 Å². The fourth-order valence-electron chi connectivity index (χ4n) is 4.82. The molecule has 0 bridgehead atoms. The Labute approximate surface area is 180 Å². The number of aromatic nitrogens is 1. The summed E-state index contributed by atoms with van der Waals surface area (Å²) in [6.45, 7) is 3.26. The largest absolute Gasteiger partial charge is 0.297 e. The van der Waals surface area contributed by atoms with Gasteiger partial charge in [0, 0.05) is 50.7 Å². The first-order chi connectivity index (χ1) is 15.1. The van der Waals surface area contributed by atoms with Crippen molar-refractivity contribution in [3.63, 3.8) is 0 Å². The fraction of sp³-hybridized carbons (Fsp3) is 0.240. The summed E-state index contributed by atoms with van der Waals surface area (Å²) in [7, 11) is 0. The number of benzene rings is 2. The molecular weight excluding hydrogens is 393 g/mol. The van der Waals surface area contributed by atoms with Gasteiger partial charge in [-0.2, -0.15) is 0 Å². The number of nitrogens with zero attached hydrogens (tertiary/aromatic N) is 3. The molecule has 1 aliphatic heterocycles. The number of pyridine rings is 1. The molecule has 5 nitrogen and oxygen atoms in total. The van der Waals surface area contributed by atoms with Crippen LogP contribution in [0.3, 0.4) is 0 Å². The van der Waals surface area contributed by atoms with E-state index < -0.39 is 17.1 Å². The van der Waals surface area contributed by atoms with Crippen molar-refractivity contribution in [3.8, 4) is 0 Å². The van der Waals surface area contributed by atoms with Crippen LogP contribution in [-0.4, -0.2) is 52.5 Å². The minimum atomic E-state index is -1.51. The highest BCUT2D eigenvalue weighted by atomic mass is 19.1. The Hall–Kier alpha value is -3.22. The molecule has 156 valence electrons. The number of carbonyl (C=O) groups excluding carboxylic acids is 2. The molecule has 0 amide bonds. The molecule has 0 N–H and O–H groups in total. The number of ketones is 2. The number of hydrogen-bond acceptors (Lipinski definition) is 5. The zero-order chi connectivity index (χ0) is 21.4. The third-order valence-electron chi connectivity index (χ3n) is 6.34. The predicted octanol–water partition coefficient (Wildman–Crippen LogP) is 3.31. The van der Waals surface area contributed by atoms with E-state index in [4.69, 9.17) is 0 Å². The molecule has 2 aromatic carbocycles. The molecule has 1 atom stereocenters. The van der Waals surface area contributed by atoms with Gasteiger partial charge in [-0.15, -0.1) is 0 Å². The van der Waals surface area contributed by atoms with Crippen LogP contribution in [0.25, 0.3) is 0 Å². The van der Waals surface area contributed by atoms with E-state index in [9.17, 15) is 14.0 Å². The Morgan fingerprint density at radius 2 is 1.55 bits per heavy atom. The number of carbonyl (C=O) groups is 2. The highest BCUT2D eigenvalue weighted by molar-refractivity contribution is 6.33. The molecule has 6 heteroatoms. The molecule has 1 saturated heterocycles. The minimum Gasteiger partial charge on any atom is -0.297 e. The number of hydrogen-bond donors (Lipinski definition) is 0. The molecule has 1 aliphatic carbocycles. The van der Waals surface area contributed by atoms with E-state index in [0.29, 0.717) is 31.7 Å². The highest BCUT2D eigenvalue weighted by Gasteiger charge is 2.59. The Bertz CT molecular complexity index is 1130. The van der Waals surface area contributed by atoms with Crippen LogP contribution in [0, 0.1) is 5.82 Å². The van der Waals surface area contributed by atoms with Gasteiger partial charge in [0.1, 0.15) is 5.82 Å². The molecule has 1 unspecified atom stereocenters. The van der Waals surface area contributed by atoms with Gasteiger partial charge in [0.25, 0.3) is 0 Å². The van der Waals surface area contributed by atoms with Gasteiger partial charge >= 0.3 is 0 Å². The van der Waals surface area contributed by atoms with E-state index in [1.165, 1.54) is 17.7 Å². The molecular formula is C25H22FN3O2. The van der Waals surface area contributed by atoms with Crippen LogP contribution in [0.15, 0.2) is 73.1 Å². The van der Waals surface area contributed by atoms with E-state index in [1.807, 2.05) is 35.2 Å². The first-order valence-corrected chi connectivity index (χ1v) is 10.4. The van der Waals surface area contributed by atoms with E-state index in [1.54, 1.807) is 30.6 Å². The lowest BCUT2D eigenvalue weighted by Crippen LogP contribution is -2.60. The Morgan fingerprint density at radius 1 is 0.839 bits per heavy atom. The van der Waals surface area contributed by atoms with Crippen molar-refractivity contribution in [1.82, 2.24) is 14.8 Å². The van der Waals surface area contributed by atoms with Gasteiger partial charge in [-0.1, -0.05) is 42.5 Å². The van der Waals surface area contributed by atoms with Crippen LogP contribution in [0.5, 0.6) is 0 Å². The lowest BCUT2D eigenvalue weighted by atomic mass is 9.82. The van der Waals surface area contributed by atoms with Crippen LogP contribution in [0.1, 0.15) is 31.8 Å². The number of rotatable bonds is 4. The summed E-state index contributed by atoms with van der Waals surface area (Å²) >= 11 is 0. The molecule has 5 rings (SSSR count). The first-order valence-electron chi connectivity index (χ1n) is 10.4. The van der Waals surface area contributed by atoms with Gasteiger partial charge < -0.3 is 0 Å². The van der Waals surface area contributed by atoms with Gasteiger partial charge in [-0.05, 0) is 29.3 Å². The maximum atomic E-state index is 14.6. The number of fused-ring (bicyclic) bond motifs is 1. The summed E-state index contributed by atoms with van der Waals surface area (Å²) in [4.78, 5) is 35.7. The van der Waals surface area contributed by atoms with Crippen molar-refractivity contribution in [1.29, 1.82) is 0 Å². The maximum absolute atomic E-state index is 14.6. The summed E-state index contributed by atoms with van der Waals surface area (Å²) in [6.07, 6.45) is 3.55. The average molecular weight is 415 g/mol. The third kappa shape index (κ3) is 3.10. The van der Waals surface area contributed by atoms with Crippen molar-refractivity contribution in [2.75, 3.05) is 26.2 Å². The Kier molecular flexibility index (Phi) is 4.96. The molecule has 1 fully saturated rings. The second-order valence-corrected chi connectivity index (χ2v) is 8.02. The quantitative estimate of drug-likeness (QED) is 0.612. The minimum absolute atomic E-state index is 0.0874. The molecule has 31 heavy (non-hydrogen) atoms. The summed E-state index contributed by atoms with van der Waals surface area (Å²) in [6, 6.07) is 17.3.